The van der Waals surface area contributed by atoms with Gasteiger partial charge in [-0.05, 0) is 175 Å². The Morgan fingerprint density at radius 3 is 2.01 bits per heavy atom. The number of nitrogens with two attached hydrogens (primary N) is 1. The Kier molecular flexibility index (Phi) is 43.9. The van der Waals surface area contributed by atoms with Gasteiger partial charge in [0.2, 0.25) is 17.6 Å². The van der Waals surface area contributed by atoms with Gasteiger partial charge in [-0.25, -0.2) is 19.3 Å². The molecular weight excluding hydrogens is 1870 g/mol. The number of alkyl halides is 3. The second-order valence-corrected chi connectivity index (χ2v) is 38.1. The number of fused-ring (bicyclic) bond motifs is 6. The third-order valence-electron chi connectivity index (χ3n) is 27.8. The van der Waals surface area contributed by atoms with Crippen molar-refractivity contribution in [1.82, 2.24) is 43.9 Å². The highest BCUT2D eigenvalue weighted by molar-refractivity contribution is 6.39. The van der Waals surface area contributed by atoms with E-state index in [0.717, 1.165) is 41.3 Å². The van der Waals surface area contributed by atoms with Gasteiger partial charge in [0.1, 0.15) is 35.9 Å². The number of methoxy groups -OCH3 is 3. The van der Waals surface area contributed by atoms with E-state index in [2.05, 4.69) is 20.3 Å². The number of anilines is 1. The van der Waals surface area contributed by atoms with Gasteiger partial charge in [0.05, 0.1) is 190 Å². The molecule has 4 fully saturated rings. The Labute approximate surface area is 839 Å². The fourth-order valence-corrected chi connectivity index (χ4v) is 19.4. The van der Waals surface area contributed by atoms with E-state index in [-0.39, 0.29) is 124 Å². The van der Waals surface area contributed by atoms with Crippen molar-refractivity contribution in [3.63, 3.8) is 0 Å². The van der Waals surface area contributed by atoms with Gasteiger partial charge >= 0.3 is 17.8 Å². The molecule has 2 amide bonds. The van der Waals surface area contributed by atoms with Crippen molar-refractivity contribution in [1.29, 1.82) is 0 Å². The molecule has 38 heteroatoms. The smallest absolute Gasteiger partial charge is 0.418 e. The average Bonchev–Trinajstić information content (AvgIpc) is 1.58. The fourth-order valence-electron chi connectivity index (χ4n) is 19.4. The number of furan rings is 1. The van der Waals surface area contributed by atoms with Gasteiger partial charge < -0.3 is 101 Å². The van der Waals surface area contributed by atoms with Gasteiger partial charge in [-0.1, -0.05) is 81.0 Å². The third kappa shape index (κ3) is 31.5. The lowest BCUT2D eigenvalue weighted by Crippen LogP contribution is -2.61. The minimum atomic E-state index is -4.76. The molecular formula is C106H146F3N11O24. The number of piperidine rings is 1. The molecule has 0 spiro atoms. The van der Waals surface area contributed by atoms with Gasteiger partial charge in [-0.3, -0.25) is 38.1 Å². The quantitative estimate of drug-likeness (QED) is 0.0138. The summed E-state index contributed by atoms with van der Waals surface area (Å²) in [7, 11) is 6.09. The van der Waals surface area contributed by atoms with Gasteiger partial charge in [0.25, 0.3) is 11.7 Å². The summed E-state index contributed by atoms with van der Waals surface area (Å²) < 4.78 is 137. The SMILES string of the molecule is COc1ccc(-c2ccc3ncc4c(c3c2)n(-c2ccc(N3CCN(C(=O)CCOCCOCCOCCOCCOCCOCCOCCOCCn5cc(CCCCO[C@@H]6CC[C@@H](C[C@@H](N)[C@@H]7CC(=O)[C@H](C)/C=C(\C)[C@@H](O)[C@@H](OC)C(=O)[C@H](C)C[C@H](C)/C=C/C=C/C=C(\C)[C@@H](c8ccco8)C[C@@H]8CC[C@@H](C)[C@@](O)(O8)C(=O)C(=O)N8CCCC[C@H]8C(=O)O7)C[C@H]6OC)nn5)CC3)c(C(F)(F)F)c2)c(=O)n4C)cn1. The monoisotopic (exact) mass is 2010 g/mol. The molecule has 144 heavy (non-hydrogen) atoms. The van der Waals surface area contributed by atoms with Crippen LogP contribution in [-0.4, -0.2) is 310 Å². The number of ketones is 3. The first kappa shape index (κ1) is 113. The molecule has 4 aliphatic heterocycles. The number of piperazine rings is 1. The summed E-state index contributed by atoms with van der Waals surface area (Å²) in [5, 5.41) is 33.2. The Hall–Kier alpha value is -10.1. The van der Waals surface area contributed by atoms with E-state index in [0.29, 0.717) is 215 Å². The van der Waals surface area contributed by atoms with Crippen molar-refractivity contribution < 1.29 is 123 Å². The van der Waals surface area contributed by atoms with E-state index in [1.807, 2.05) is 74.7 Å². The van der Waals surface area contributed by atoms with Crippen LogP contribution < -0.4 is 21.1 Å². The van der Waals surface area contributed by atoms with Crippen LogP contribution in [-0.2, 0) is 117 Å². The van der Waals surface area contributed by atoms with Crippen molar-refractivity contribution in [2.75, 3.05) is 171 Å². The molecule has 2 aromatic carbocycles. The minimum absolute atomic E-state index is 0.0243. The maximum atomic E-state index is 15.0. The number of hydrogen-bond acceptors (Lipinski definition) is 30. The standard InChI is InChI=1S/C106H146F3N11O24/c1-70-19-12-11-13-20-71(2)82(91-23-18-42-141-91)65-81-29-24-75(6)105(129,144-81)101(125)102(126)119-35-16-14-22-88(119)103(127)143-93(66-90(121)72(3)60-74(5)99(124)100(132-10)98(123)73(4)59-70)85(110)61-76-25-32-92(94(62-76)130-8)142-41-17-15-21-79-69-118(114-113-79)40-44-134-46-48-136-50-52-138-54-56-140-58-57-139-55-53-137-51-49-135-47-45-133-43-34-96(122)117-38-36-116(37-39-117)87-31-28-80(64-84(87)106(107,108)109)120-97-83-63-77(78-27-33-95(131-9)112-67-78)26-30-86(83)111-68-89(97)115(7)104(120)128/h11-13,18-20,23,26-28,30-31,33,42,60,63-64,67-70,72-73,75-76,81-82,85,88,92-94,99-100,124,129H,14-17,21-22,24-25,29,32,34-41,43-59,61-62,65-66,110H2,1-10H3/b13-11+,19-12+,71-20+,74-60+/t70-,72-,73-,75-,76+,81+,82+,85-,88+,92-,93+,94-,99-,100+,105-/m1/s1. The molecule has 5 aromatic heterocycles. The Morgan fingerprint density at radius 2 is 1.37 bits per heavy atom. The van der Waals surface area contributed by atoms with Crippen LogP contribution in [0, 0.1) is 29.6 Å². The summed E-state index contributed by atoms with van der Waals surface area (Å²) in [6, 6.07) is 14.5. The minimum Gasteiger partial charge on any atom is -0.481 e. The molecule has 2 bridgehead atoms. The number of amides is 2. The Morgan fingerprint density at radius 1 is 0.688 bits per heavy atom. The Balaban J connectivity index is 0.477. The first-order valence-electron chi connectivity index (χ1n) is 50.6. The van der Waals surface area contributed by atoms with E-state index >= 15 is 13.2 Å². The van der Waals surface area contributed by atoms with Crippen LogP contribution in [0.25, 0.3) is 38.8 Å². The first-order valence-corrected chi connectivity index (χ1v) is 50.6. The van der Waals surface area contributed by atoms with E-state index in [9.17, 15) is 43.8 Å². The molecule has 12 rings (SSSR count). The Bertz CT molecular complexity index is 5450. The number of rotatable bonds is 43. The number of unbranched alkanes of at least 4 members (excludes halogenated alkanes) is 1. The van der Waals surface area contributed by atoms with E-state index in [1.54, 1.807) is 99.3 Å². The number of carbonyl (C=O) groups excluding carboxylic acids is 6. The third-order valence-corrected chi connectivity index (χ3v) is 27.8. The first-order chi connectivity index (χ1) is 69.5. The van der Waals surface area contributed by atoms with E-state index < -0.39 is 95.1 Å². The number of allylic oxidation sites excluding steroid dienone is 7. The lowest BCUT2D eigenvalue weighted by molar-refractivity contribution is -0.264. The number of Topliss-reactive ketones (excluding diaryl/α,β-unsaturated/α-hetero) is 3. The molecule has 0 unspecified atom stereocenters. The average molecular weight is 2020 g/mol. The molecule has 0 radical (unpaired) electrons. The van der Waals surface area contributed by atoms with Crippen molar-refractivity contribution >= 4 is 62.8 Å². The molecule has 9 heterocycles. The van der Waals surface area contributed by atoms with Crippen LogP contribution >= 0.6 is 0 Å². The number of aromatic nitrogens is 7. The molecule has 1 saturated carbocycles. The lowest BCUT2D eigenvalue weighted by atomic mass is 9.80. The molecule has 35 nitrogen and oxygen atoms in total. The molecule has 1 aliphatic carbocycles. The molecule has 790 valence electrons. The number of carbonyl (C=O) groups is 6. The molecule has 5 aliphatic rings. The normalized spacial score (nSPS) is 25.6. The number of aliphatic hydroxyl groups excluding tert-OH is 1. The van der Waals surface area contributed by atoms with Crippen LogP contribution in [0.2, 0.25) is 0 Å². The second kappa shape index (κ2) is 56.1. The van der Waals surface area contributed by atoms with Crippen LogP contribution in [0.3, 0.4) is 0 Å². The van der Waals surface area contributed by atoms with Crippen molar-refractivity contribution in [2.45, 2.75) is 217 Å². The number of imidazole rings is 1. The number of cyclic esters (lactones) is 1. The lowest BCUT2D eigenvalue weighted by Gasteiger charge is -2.42. The van der Waals surface area contributed by atoms with E-state index in [1.165, 1.54) is 40.4 Å². The summed E-state index contributed by atoms with van der Waals surface area (Å²) in [5.74, 6) is -7.82. The van der Waals surface area contributed by atoms with Gasteiger partial charge in [0, 0.05) is 132 Å². The number of esters is 1. The summed E-state index contributed by atoms with van der Waals surface area (Å²) in [5.41, 5.74) is 10.8. The summed E-state index contributed by atoms with van der Waals surface area (Å²) in [4.78, 5) is 113. The second-order valence-electron chi connectivity index (χ2n) is 38.1. The highest BCUT2D eigenvalue weighted by Crippen LogP contribution is 2.43. The van der Waals surface area contributed by atoms with Gasteiger partial charge in [-0.2, -0.15) is 13.2 Å². The summed E-state index contributed by atoms with van der Waals surface area (Å²) in [6.07, 6.45) is 15.3. The number of halogens is 3. The number of nitrogens with zero attached hydrogens (tertiary/aromatic N) is 10. The highest BCUT2D eigenvalue weighted by Gasteiger charge is 2.54. The predicted molar refractivity (Wildman–Crippen MR) is 530 cm³/mol. The largest absolute Gasteiger partial charge is 0.481 e. The van der Waals surface area contributed by atoms with E-state index in [4.69, 9.17) is 76.5 Å². The number of ether oxygens (including phenoxy) is 14. The van der Waals surface area contributed by atoms with Crippen LogP contribution in [0.4, 0.5) is 18.9 Å². The maximum absolute atomic E-state index is 15.0. The summed E-state index contributed by atoms with van der Waals surface area (Å²) in [6.45, 7) is 18.3. The number of benzene rings is 2. The predicted octanol–water partition coefficient (Wildman–Crippen LogP) is 12.0. The summed E-state index contributed by atoms with van der Waals surface area (Å²) >= 11 is 0. The number of aliphatic hydroxyl groups is 2. The zero-order chi connectivity index (χ0) is 103. The van der Waals surface area contributed by atoms with Gasteiger partial charge in [-0.15, -0.1) is 5.10 Å². The van der Waals surface area contributed by atoms with Crippen molar-refractivity contribution in [3.05, 3.63) is 161 Å². The zero-order valence-corrected chi connectivity index (χ0v) is 84.8. The van der Waals surface area contributed by atoms with Crippen molar-refractivity contribution in [3.8, 4) is 22.7 Å². The van der Waals surface area contributed by atoms with Crippen LogP contribution in [0.15, 0.2) is 142 Å². The maximum Gasteiger partial charge on any atom is 0.418 e. The number of hydrogen-bond donors (Lipinski definition) is 3. The van der Waals surface area contributed by atoms with Crippen molar-refractivity contribution in [2.24, 2.45) is 42.4 Å². The van der Waals surface area contributed by atoms with Gasteiger partial charge in [0.15, 0.2) is 5.78 Å². The molecule has 7 aromatic rings. The highest BCUT2D eigenvalue weighted by atomic mass is 19.4. The zero-order valence-electron chi connectivity index (χ0n) is 84.8. The molecule has 15 atom stereocenters. The molecule has 4 N–H and O–H groups in total. The fraction of sp³-hybridized carbons (Fsp3) is 0.613. The molecule has 3 saturated heterocycles. The number of aryl methyl sites for hydroxylation is 2. The van der Waals surface area contributed by atoms with Crippen LogP contribution in [0.5, 0.6) is 5.88 Å². The topological polar surface area (TPSA) is 404 Å². The van der Waals surface area contributed by atoms with Crippen LogP contribution in [0.1, 0.15) is 161 Å². The number of pyridine rings is 2.